The lowest BCUT2D eigenvalue weighted by Gasteiger charge is -2.15. The van der Waals surface area contributed by atoms with Crippen molar-refractivity contribution in [3.63, 3.8) is 0 Å². The summed E-state index contributed by atoms with van der Waals surface area (Å²) in [5.41, 5.74) is 1.42. The zero-order valence-corrected chi connectivity index (χ0v) is 10.7. The van der Waals surface area contributed by atoms with Gasteiger partial charge in [-0.15, -0.1) is 0 Å². The smallest absolute Gasteiger partial charge is 0.335 e. The minimum Gasteiger partial charge on any atom is -0.478 e. The highest BCUT2D eigenvalue weighted by Gasteiger charge is 2.21. The molecule has 0 fully saturated rings. The van der Waals surface area contributed by atoms with Gasteiger partial charge in [-0.05, 0) is 24.6 Å². The Morgan fingerprint density at radius 3 is 2.79 bits per heavy atom. The number of hydrogen-bond acceptors (Lipinski definition) is 4. The normalized spacial score (nSPS) is 12.3. The number of aromatic carboxylic acids is 1. The molecule has 2 aromatic rings. The van der Waals surface area contributed by atoms with Gasteiger partial charge in [0, 0.05) is 0 Å². The molecule has 0 amide bonds. The van der Waals surface area contributed by atoms with Gasteiger partial charge in [0.25, 0.3) is 0 Å². The predicted octanol–water partition coefficient (Wildman–Crippen LogP) is 1.86. The molecule has 0 spiro atoms. The second kappa shape index (κ2) is 5.09. The quantitative estimate of drug-likeness (QED) is 0.850. The average molecular weight is 262 g/mol. The number of rotatable bonds is 4. The van der Waals surface area contributed by atoms with Crippen molar-refractivity contribution >= 4 is 23.0 Å². The van der Waals surface area contributed by atoms with Crippen LogP contribution in [0, 0.1) is 0 Å². The Morgan fingerprint density at radius 2 is 2.21 bits per heavy atom. The van der Waals surface area contributed by atoms with Crippen LogP contribution in [0.1, 0.15) is 29.7 Å². The van der Waals surface area contributed by atoms with Gasteiger partial charge in [0.15, 0.2) is 0 Å². The van der Waals surface area contributed by atoms with Crippen molar-refractivity contribution in [1.82, 2.24) is 9.55 Å². The van der Waals surface area contributed by atoms with Crippen LogP contribution in [-0.4, -0.2) is 33.7 Å². The fraction of sp³-hybridized carbons (Fsp3) is 0.308. The molecule has 1 atom stereocenters. The van der Waals surface area contributed by atoms with Crippen LogP contribution in [0.15, 0.2) is 24.5 Å². The number of carboxylic acid groups (broad SMARTS) is 1. The molecule has 0 saturated heterocycles. The van der Waals surface area contributed by atoms with Crippen molar-refractivity contribution in [1.29, 1.82) is 0 Å². The van der Waals surface area contributed by atoms with E-state index in [1.165, 1.54) is 25.6 Å². The zero-order valence-electron chi connectivity index (χ0n) is 10.7. The number of benzene rings is 1. The van der Waals surface area contributed by atoms with Crippen LogP contribution in [0.2, 0.25) is 0 Å². The van der Waals surface area contributed by atoms with Crippen molar-refractivity contribution < 1.29 is 19.4 Å². The Bertz CT molecular complexity index is 633. The third kappa shape index (κ3) is 2.29. The third-order valence-corrected chi connectivity index (χ3v) is 3.02. The summed E-state index contributed by atoms with van der Waals surface area (Å²) in [6.07, 6.45) is 2.07. The number of hydrogen-bond donors (Lipinski definition) is 1. The van der Waals surface area contributed by atoms with Crippen molar-refractivity contribution in [2.24, 2.45) is 0 Å². The molecule has 1 aromatic carbocycles. The van der Waals surface area contributed by atoms with Crippen LogP contribution in [0.3, 0.4) is 0 Å². The van der Waals surface area contributed by atoms with E-state index in [0.29, 0.717) is 17.5 Å². The number of carboxylic acids is 1. The molecular formula is C13H14N2O4. The molecule has 100 valence electrons. The first-order valence-corrected chi connectivity index (χ1v) is 5.86. The maximum atomic E-state index is 11.7. The molecule has 2 rings (SSSR count). The molecule has 0 radical (unpaired) electrons. The van der Waals surface area contributed by atoms with E-state index in [1.807, 2.05) is 6.92 Å². The fourth-order valence-electron chi connectivity index (χ4n) is 2.02. The molecule has 6 nitrogen and oxygen atoms in total. The summed E-state index contributed by atoms with van der Waals surface area (Å²) in [5, 5.41) is 9.00. The number of fused-ring (bicyclic) bond motifs is 1. The summed E-state index contributed by atoms with van der Waals surface area (Å²) in [4.78, 5) is 26.9. The Balaban J connectivity index is 2.56. The van der Waals surface area contributed by atoms with E-state index < -0.39 is 12.0 Å². The largest absolute Gasteiger partial charge is 0.478 e. The topological polar surface area (TPSA) is 81.4 Å². The third-order valence-electron chi connectivity index (χ3n) is 3.02. The standard InChI is InChI=1S/C13H14N2O4/c1-3-10(13(18)19-2)15-7-14-9-5-4-8(12(16)17)6-11(9)15/h4-7,10H,3H2,1-2H3,(H,16,17). The van der Waals surface area contributed by atoms with Gasteiger partial charge in [-0.2, -0.15) is 0 Å². The maximum absolute atomic E-state index is 11.7. The Hall–Kier alpha value is -2.37. The summed E-state index contributed by atoms with van der Waals surface area (Å²) in [6.45, 7) is 1.86. The number of ether oxygens (including phenoxy) is 1. The van der Waals surface area contributed by atoms with E-state index in [2.05, 4.69) is 4.98 Å². The van der Waals surface area contributed by atoms with Gasteiger partial charge < -0.3 is 14.4 Å². The van der Waals surface area contributed by atoms with Gasteiger partial charge in [-0.1, -0.05) is 6.92 Å². The van der Waals surface area contributed by atoms with Crippen molar-refractivity contribution in [3.8, 4) is 0 Å². The van der Waals surface area contributed by atoms with Gasteiger partial charge in [0.05, 0.1) is 30.0 Å². The van der Waals surface area contributed by atoms with Crippen LogP contribution in [-0.2, 0) is 9.53 Å². The predicted molar refractivity (Wildman–Crippen MR) is 68.0 cm³/mol. The molecule has 1 heterocycles. The van der Waals surface area contributed by atoms with Crippen LogP contribution < -0.4 is 0 Å². The van der Waals surface area contributed by atoms with E-state index in [9.17, 15) is 9.59 Å². The van der Waals surface area contributed by atoms with E-state index in [4.69, 9.17) is 9.84 Å². The Kier molecular flexibility index (Phi) is 3.50. The van der Waals surface area contributed by atoms with Crippen molar-refractivity contribution in [2.45, 2.75) is 19.4 Å². The number of aromatic nitrogens is 2. The molecule has 1 N–H and O–H groups in total. The molecule has 0 saturated carbocycles. The monoisotopic (exact) mass is 262 g/mol. The molecule has 0 aliphatic carbocycles. The zero-order chi connectivity index (χ0) is 14.0. The SMILES string of the molecule is CCC(C(=O)OC)n1cnc2ccc(C(=O)O)cc21. The summed E-state index contributed by atoms with van der Waals surface area (Å²) in [6, 6.07) is 4.12. The highest BCUT2D eigenvalue weighted by molar-refractivity contribution is 5.92. The van der Waals surface area contributed by atoms with E-state index in [1.54, 1.807) is 10.6 Å². The second-order valence-electron chi connectivity index (χ2n) is 4.11. The van der Waals surface area contributed by atoms with Gasteiger partial charge in [-0.3, -0.25) is 0 Å². The molecule has 19 heavy (non-hydrogen) atoms. The number of esters is 1. The molecule has 0 bridgehead atoms. The molecule has 0 aliphatic rings. The maximum Gasteiger partial charge on any atom is 0.335 e. The lowest BCUT2D eigenvalue weighted by atomic mass is 10.1. The lowest BCUT2D eigenvalue weighted by Crippen LogP contribution is -2.19. The first-order chi connectivity index (χ1) is 9.08. The minimum atomic E-state index is -1.01. The number of carbonyl (C=O) groups excluding carboxylic acids is 1. The van der Waals surface area contributed by atoms with E-state index in [-0.39, 0.29) is 11.5 Å². The van der Waals surface area contributed by atoms with E-state index >= 15 is 0 Å². The number of carbonyl (C=O) groups is 2. The van der Waals surface area contributed by atoms with Crippen molar-refractivity contribution in [2.75, 3.05) is 7.11 Å². The number of nitrogens with zero attached hydrogens (tertiary/aromatic N) is 2. The van der Waals surface area contributed by atoms with Crippen LogP contribution in [0.5, 0.6) is 0 Å². The molecular weight excluding hydrogens is 248 g/mol. The summed E-state index contributed by atoms with van der Waals surface area (Å²) in [7, 11) is 1.33. The van der Waals surface area contributed by atoms with Gasteiger partial charge >= 0.3 is 11.9 Å². The first kappa shape index (κ1) is 13.1. The second-order valence-corrected chi connectivity index (χ2v) is 4.11. The summed E-state index contributed by atoms with van der Waals surface area (Å²) in [5.74, 6) is -1.39. The molecule has 0 aliphatic heterocycles. The summed E-state index contributed by atoms with van der Waals surface area (Å²) >= 11 is 0. The van der Waals surface area contributed by atoms with E-state index in [0.717, 1.165) is 0 Å². The minimum absolute atomic E-state index is 0.161. The fourth-order valence-corrected chi connectivity index (χ4v) is 2.02. The van der Waals surface area contributed by atoms with Crippen LogP contribution >= 0.6 is 0 Å². The van der Waals surface area contributed by atoms with Crippen LogP contribution in [0.4, 0.5) is 0 Å². The molecule has 1 unspecified atom stereocenters. The van der Waals surface area contributed by atoms with Gasteiger partial charge in [0.1, 0.15) is 6.04 Å². The average Bonchev–Trinajstić information content (AvgIpc) is 2.82. The Labute approximate surface area is 109 Å². The number of methoxy groups -OCH3 is 1. The Morgan fingerprint density at radius 1 is 1.47 bits per heavy atom. The molecule has 1 aromatic heterocycles. The number of imidazole rings is 1. The molecule has 6 heteroatoms. The van der Waals surface area contributed by atoms with Gasteiger partial charge in [0.2, 0.25) is 0 Å². The van der Waals surface area contributed by atoms with Crippen molar-refractivity contribution in [3.05, 3.63) is 30.1 Å². The highest BCUT2D eigenvalue weighted by Crippen LogP contribution is 2.22. The van der Waals surface area contributed by atoms with Crippen LogP contribution in [0.25, 0.3) is 11.0 Å². The highest BCUT2D eigenvalue weighted by atomic mass is 16.5. The lowest BCUT2D eigenvalue weighted by molar-refractivity contribution is -0.144. The summed E-state index contributed by atoms with van der Waals surface area (Å²) < 4.78 is 6.40. The van der Waals surface area contributed by atoms with Gasteiger partial charge in [-0.25, -0.2) is 14.6 Å². The first-order valence-electron chi connectivity index (χ1n) is 5.86.